The van der Waals surface area contributed by atoms with E-state index >= 15 is 0 Å². The largest absolute Gasteiger partial charge is 0.465 e. The number of hydrogen-bond donors (Lipinski definition) is 1. The van der Waals surface area contributed by atoms with Crippen molar-refractivity contribution in [2.75, 3.05) is 4.90 Å². The summed E-state index contributed by atoms with van der Waals surface area (Å²) in [7, 11) is -2.69. The molecule has 0 aliphatic rings. The van der Waals surface area contributed by atoms with Crippen molar-refractivity contribution in [3.63, 3.8) is 0 Å². The van der Waals surface area contributed by atoms with Gasteiger partial charge in [-0.2, -0.15) is 0 Å². The molecule has 4 rings (SSSR count). The molecular formula is C29H33BrN2O3SSi. The zero-order valence-electron chi connectivity index (χ0n) is 22.1. The van der Waals surface area contributed by atoms with Crippen LogP contribution >= 0.6 is 27.3 Å². The van der Waals surface area contributed by atoms with Crippen LogP contribution in [0.3, 0.4) is 0 Å². The lowest BCUT2D eigenvalue weighted by Gasteiger charge is -2.43. The highest BCUT2D eigenvalue weighted by atomic mass is 79.9. The number of benzene rings is 2. The molecule has 2 aromatic carbocycles. The predicted molar refractivity (Wildman–Crippen MR) is 160 cm³/mol. The van der Waals surface area contributed by atoms with E-state index in [4.69, 9.17) is 9.41 Å². The van der Waals surface area contributed by atoms with Gasteiger partial charge in [0.1, 0.15) is 9.83 Å². The lowest BCUT2D eigenvalue weighted by molar-refractivity contribution is 0.196. The molecule has 4 aromatic rings. The molecule has 0 bridgehead atoms. The summed E-state index contributed by atoms with van der Waals surface area (Å²) in [4.78, 5) is 19.2. The molecule has 8 heteroatoms. The van der Waals surface area contributed by atoms with Crippen molar-refractivity contribution in [1.29, 1.82) is 0 Å². The Balaban J connectivity index is 1.76. The molecule has 0 aliphatic carbocycles. The molecule has 0 saturated carbocycles. The Kier molecular flexibility index (Phi) is 7.68. The summed E-state index contributed by atoms with van der Waals surface area (Å²) in [5.41, 5.74) is 0.225. The number of hydrogen-bond acceptors (Lipinski definition) is 4. The highest BCUT2D eigenvalue weighted by molar-refractivity contribution is 9.10. The van der Waals surface area contributed by atoms with E-state index in [9.17, 15) is 9.90 Å². The predicted octanol–water partition coefficient (Wildman–Crippen LogP) is 7.42. The normalized spacial score (nSPS) is 12.6. The zero-order chi connectivity index (χ0) is 27.0. The Morgan fingerprint density at radius 1 is 0.946 bits per heavy atom. The average Bonchev–Trinajstić information content (AvgIpc) is 3.14. The second kappa shape index (κ2) is 10.3. The number of aromatic nitrogens is 1. The van der Waals surface area contributed by atoms with E-state index in [1.165, 1.54) is 26.6 Å². The Hall–Kier alpha value is -2.52. The van der Waals surface area contributed by atoms with Crippen LogP contribution in [0.4, 0.5) is 9.80 Å². The van der Waals surface area contributed by atoms with Crippen LogP contribution in [-0.2, 0) is 11.0 Å². The first-order valence-corrected chi connectivity index (χ1v) is 15.7. The first-order chi connectivity index (χ1) is 17.4. The lowest BCUT2D eigenvalue weighted by Crippen LogP contribution is -2.66. The Morgan fingerprint density at radius 3 is 1.95 bits per heavy atom. The van der Waals surface area contributed by atoms with Gasteiger partial charge in [0.25, 0.3) is 8.32 Å². The van der Waals surface area contributed by atoms with Crippen LogP contribution in [0.2, 0.25) is 5.04 Å². The number of fused-ring (bicyclic) bond motifs is 1. The maximum absolute atomic E-state index is 12.1. The van der Waals surface area contributed by atoms with Crippen LogP contribution in [0, 0.1) is 0 Å². The Bertz CT molecular complexity index is 1360. The number of carbonyl (C=O) groups is 1. The van der Waals surface area contributed by atoms with Gasteiger partial charge in [-0.15, -0.1) is 0 Å². The van der Waals surface area contributed by atoms with Crippen molar-refractivity contribution in [1.82, 2.24) is 4.98 Å². The van der Waals surface area contributed by atoms with Crippen molar-refractivity contribution in [3.8, 4) is 0 Å². The highest BCUT2D eigenvalue weighted by Crippen LogP contribution is 2.44. The Morgan fingerprint density at radius 2 is 1.49 bits per heavy atom. The molecule has 1 N–H and O–H groups in total. The lowest BCUT2D eigenvalue weighted by atomic mass is 10.1. The SMILES string of the molecule is CC(C)(C)N(C(=O)O)c1sc2nc(CO[Si](c3ccccc3)(c3ccccc3)C(C)(C)C)ccc2c1Br. The van der Waals surface area contributed by atoms with Crippen LogP contribution in [0.15, 0.2) is 77.3 Å². The second-order valence-corrected chi connectivity index (χ2v) is 17.2. The van der Waals surface area contributed by atoms with E-state index < -0.39 is 19.9 Å². The molecule has 0 saturated heterocycles. The van der Waals surface area contributed by atoms with Crippen LogP contribution in [0.5, 0.6) is 0 Å². The number of amides is 1. The number of anilines is 1. The van der Waals surface area contributed by atoms with E-state index in [1.54, 1.807) is 0 Å². The topological polar surface area (TPSA) is 62.7 Å². The quantitative estimate of drug-likeness (QED) is 0.235. The van der Waals surface area contributed by atoms with Crippen molar-refractivity contribution in [2.24, 2.45) is 0 Å². The molecule has 0 spiro atoms. The van der Waals surface area contributed by atoms with Crippen LogP contribution in [0.1, 0.15) is 47.2 Å². The van der Waals surface area contributed by atoms with E-state index in [0.29, 0.717) is 11.6 Å². The number of nitrogens with zero attached hydrogens (tertiary/aromatic N) is 2. The first-order valence-electron chi connectivity index (χ1n) is 12.2. The smallest absolute Gasteiger partial charge is 0.412 e. The molecule has 37 heavy (non-hydrogen) atoms. The van der Waals surface area contributed by atoms with Crippen LogP contribution < -0.4 is 15.3 Å². The fourth-order valence-corrected chi connectivity index (χ4v) is 11.5. The van der Waals surface area contributed by atoms with Gasteiger partial charge >= 0.3 is 6.09 Å². The van der Waals surface area contributed by atoms with E-state index in [0.717, 1.165) is 20.4 Å². The third kappa shape index (κ3) is 5.25. The van der Waals surface area contributed by atoms with Gasteiger partial charge in [-0.1, -0.05) is 92.8 Å². The molecule has 2 aromatic heterocycles. The van der Waals surface area contributed by atoms with E-state index in [2.05, 4.69) is 85.2 Å². The molecule has 2 heterocycles. The minimum atomic E-state index is -2.69. The van der Waals surface area contributed by atoms with Crippen molar-refractivity contribution in [2.45, 2.75) is 58.7 Å². The Labute approximate surface area is 232 Å². The van der Waals surface area contributed by atoms with Crippen LogP contribution in [0.25, 0.3) is 10.2 Å². The molecule has 0 atom stereocenters. The monoisotopic (exact) mass is 596 g/mol. The van der Waals surface area contributed by atoms with Crippen LogP contribution in [-0.4, -0.2) is 30.0 Å². The molecule has 0 fully saturated rings. The fourth-order valence-electron chi connectivity index (χ4n) is 4.82. The summed E-state index contributed by atoms with van der Waals surface area (Å²) in [6.07, 6.45) is -0.991. The van der Waals surface area contributed by atoms with E-state index in [-0.39, 0.29) is 5.04 Å². The van der Waals surface area contributed by atoms with Crippen molar-refractivity contribution in [3.05, 3.63) is 83.0 Å². The molecule has 5 nitrogen and oxygen atoms in total. The number of carboxylic acid groups (broad SMARTS) is 1. The van der Waals surface area contributed by atoms with Gasteiger partial charge in [-0.3, -0.25) is 4.90 Å². The minimum absolute atomic E-state index is 0.131. The zero-order valence-corrected chi connectivity index (χ0v) is 25.5. The van der Waals surface area contributed by atoms with Gasteiger partial charge in [-0.05, 0) is 64.2 Å². The van der Waals surface area contributed by atoms with Gasteiger partial charge in [0.05, 0.1) is 16.8 Å². The first kappa shape index (κ1) is 27.5. The summed E-state index contributed by atoms with van der Waals surface area (Å²) >= 11 is 5.01. The van der Waals surface area contributed by atoms with Gasteiger partial charge in [-0.25, -0.2) is 9.78 Å². The molecule has 194 valence electrons. The number of thiophene rings is 1. The number of pyridine rings is 1. The number of halogens is 1. The third-order valence-corrected chi connectivity index (χ3v) is 13.6. The van der Waals surface area contributed by atoms with E-state index in [1.807, 2.05) is 45.0 Å². The standard InChI is InChI=1S/C29H33BrN2O3SSi/c1-28(2,3)32(27(33)34)26-24(30)23-18-17-20(31-25(23)36-26)19-35-37(29(4,5)6,21-13-9-7-10-14-21)22-15-11-8-12-16-22/h7-18H,19H2,1-6H3,(H,33,34). The van der Waals surface area contributed by atoms with Gasteiger partial charge in [0.2, 0.25) is 0 Å². The summed E-state index contributed by atoms with van der Waals surface area (Å²) in [6, 6.07) is 25.1. The summed E-state index contributed by atoms with van der Waals surface area (Å²) in [5, 5.41) is 13.7. The minimum Gasteiger partial charge on any atom is -0.465 e. The maximum Gasteiger partial charge on any atom is 0.412 e. The van der Waals surface area contributed by atoms with Gasteiger partial charge < -0.3 is 9.53 Å². The summed E-state index contributed by atoms with van der Waals surface area (Å²) in [6.45, 7) is 12.8. The summed E-state index contributed by atoms with van der Waals surface area (Å²) < 4.78 is 7.79. The number of rotatable bonds is 6. The second-order valence-electron chi connectivity index (χ2n) is 11.1. The average molecular weight is 598 g/mol. The van der Waals surface area contributed by atoms with Gasteiger partial charge in [0.15, 0.2) is 0 Å². The van der Waals surface area contributed by atoms with Gasteiger partial charge in [0, 0.05) is 10.9 Å². The summed E-state index contributed by atoms with van der Waals surface area (Å²) in [5.74, 6) is 0. The molecule has 0 radical (unpaired) electrons. The molecular weight excluding hydrogens is 564 g/mol. The highest BCUT2D eigenvalue weighted by Gasteiger charge is 2.50. The van der Waals surface area contributed by atoms with Crippen molar-refractivity contribution >= 4 is 67.3 Å². The molecule has 0 aliphatic heterocycles. The molecule has 1 amide bonds. The maximum atomic E-state index is 12.1. The molecule has 0 unspecified atom stereocenters. The third-order valence-electron chi connectivity index (χ3n) is 6.45. The fraction of sp³-hybridized carbons (Fsp3) is 0.310. The van der Waals surface area contributed by atoms with Crippen molar-refractivity contribution < 1.29 is 14.3 Å².